The van der Waals surface area contributed by atoms with Crippen molar-refractivity contribution in [2.45, 2.75) is 51.4 Å². The van der Waals surface area contributed by atoms with Gasteiger partial charge in [-0.05, 0) is 44.5 Å². The van der Waals surface area contributed by atoms with Crippen LogP contribution in [-0.4, -0.2) is 45.3 Å². The Bertz CT molecular complexity index is 1640. The van der Waals surface area contributed by atoms with Gasteiger partial charge in [-0.15, -0.1) is 11.3 Å². The first-order chi connectivity index (χ1) is 20.2. The van der Waals surface area contributed by atoms with Crippen LogP contribution >= 0.6 is 11.3 Å². The van der Waals surface area contributed by atoms with Gasteiger partial charge in [0.2, 0.25) is 11.8 Å². The first-order valence-corrected chi connectivity index (χ1v) is 13.9. The summed E-state index contributed by atoms with van der Waals surface area (Å²) in [6.45, 7) is 4.84. The molecule has 4 N–H and O–H groups in total. The number of hydrogen-bond donors (Lipinski definition) is 4. The highest BCUT2D eigenvalue weighted by atomic mass is 32.1. The molecule has 0 bridgehead atoms. The fourth-order valence-electron chi connectivity index (χ4n) is 4.24. The number of aromatic nitrogens is 2. The lowest BCUT2D eigenvalue weighted by molar-refractivity contribution is -0.137. The third kappa shape index (κ3) is 8.19. The SMILES string of the molecule is CC(C)(C)OC(=O)N[C@@H](Cc1c[nH]c2ccccc12)C(=O)Nc1c(C(=O)CC(=O)Nc2nccs2)cccc1C(F)(F)F. The van der Waals surface area contributed by atoms with Crippen LogP contribution in [0.2, 0.25) is 0 Å². The number of Topliss-reactive ketones (excluding diaryl/α,β-unsaturated/α-hetero) is 1. The molecule has 0 aliphatic heterocycles. The Hall–Kier alpha value is -4.72. The molecule has 0 aliphatic rings. The van der Waals surface area contributed by atoms with Gasteiger partial charge >= 0.3 is 12.3 Å². The largest absolute Gasteiger partial charge is 0.444 e. The molecule has 0 saturated carbocycles. The Morgan fingerprint density at radius 2 is 1.77 bits per heavy atom. The third-order valence-corrected chi connectivity index (χ3v) is 6.71. The molecule has 43 heavy (non-hydrogen) atoms. The molecule has 226 valence electrons. The van der Waals surface area contributed by atoms with Crippen LogP contribution in [0.15, 0.2) is 60.2 Å². The van der Waals surface area contributed by atoms with E-state index in [1.54, 1.807) is 56.6 Å². The number of halogens is 3. The van der Waals surface area contributed by atoms with E-state index < -0.39 is 64.7 Å². The van der Waals surface area contributed by atoms with E-state index in [2.05, 4.69) is 25.9 Å². The highest BCUT2D eigenvalue weighted by Crippen LogP contribution is 2.37. The number of alkyl carbamates (subject to hydrolysis) is 1. The number of benzene rings is 2. The first-order valence-electron chi connectivity index (χ1n) is 13.0. The van der Waals surface area contributed by atoms with Gasteiger partial charge in [0.1, 0.15) is 11.6 Å². The van der Waals surface area contributed by atoms with Gasteiger partial charge in [-0.25, -0.2) is 9.78 Å². The van der Waals surface area contributed by atoms with E-state index in [4.69, 9.17) is 4.74 Å². The van der Waals surface area contributed by atoms with Crippen LogP contribution in [0.3, 0.4) is 0 Å². The Labute approximate surface area is 248 Å². The summed E-state index contributed by atoms with van der Waals surface area (Å²) in [6.07, 6.45) is -3.80. The van der Waals surface area contributed by atoms with Gasteiger partial charge in [0.25, 0.3) is 0 Å². The van der Waals surface area contributed by atoms with Gasteiger partial charge in [0, 0.05) is 40.7 Å². The molecule has 0 aliphatic carbocycles. The van der Waals surface area contributed by atoms with E-state index in [1.807, 2.05) is 0 Å². The number of para-hydroxylation sites is 2. The Morgan fingerprint density at radius 3 is 2.44 bits per heavy atom. The zero-order chi connectivity index (χ0) is 31.4. The van der Waals surface area contributed by atoms with Crippen molar-refractivity contribution < 1.29 is 37.1 Å². The number of carbonyl (C=O) groups is 4. The number of nitrogens with zero attached hydrogens (tertiary/aromatic N) is 1. The Balaban J connectivity index is 1.66. The van der Waals surface area contributed by atoms with Gasteiger partial charge < -0.3 is 25.7 Å². The van der Waals surface area contributed by atoms with Gasteiger partial charge in [-0.3, -0.25) is 14.4 Å². The van der Waals surface area contributed by atoms with Gasteiger partial charge in [0.05, 0.1) is 17.7 Å². The average Bonchev–Trinajstić information content (AvgIpc) is 3.56. The van der Waals surface area contributed by atoms with E-state index in [0.717, 1.165) is 34.4 Å². The molecule has 0 spiro atoms. The van der Waals surface area contributed by atoms with Crippen LogP contribution in [0.1, 0.15) is 48.7 Å². The van der Waals surface area contributed by atoms with Crippen molar-refractivity contribution in [2.75, 3.05) is 10.6 Å². The number of amides is 3. The molecular weight excluding hydrogens is 587 g/mol. The fraction of sp³-hybridized carbons (Fsp3) is 0.276. The average molecular weight is 616 g/mol. The lowest BCUT2D eigenvalue weighted by Crippen LogP contribution is -2.47. The maximum absolute atomic E-state index is 14.1. The Kier molecular flexibility index (Phi) is 9.19. The van der Waals surface area contributed by atoms with Crippen LogP contribution in [0.5, 0.6) is 0 Å². The lowest BCUT2D eigenvalue weighted by Gasteiger charge is -2.24. The number of anilines is 2. The summed E-state index contributed by atoms with van der Waals surface area (Å²) in [5.74, 6) is -2.80. The number of fused-ring (bicyclic) bond motifs is 1. The number of H-pyrrole nitrogens is 1. The van der Waals surface area contributed by atoms with Crippen LogP contribution < -0.4 is 16.0 Å². The van der Waals surface area contributed by atoms with Crippen molar-refractivity contribution in [2.24, 2.45) is 0 Å². The molecule has 0 unspecified atom stereocenters. The summed E-state index contributed by atoms with van der Waals surface area (Å²) in [5, 5.41) is 9.59. The number of carbonyl (C=O) groups excluding carboxylic acids is 4. The third-order valence-electron chi connectivity index (χ3n) is 6.02. The summed E-state index contributed by atoms with van der Waals surface area (Å²) in [7, 11) is 0. The number of thiazole rings is 1. The molecule has 1 atom stereocenters. The zero-order valence-corrected chi connectivity index (χ0v) is 24.1. The van der Waals surface area contributed by atoms with Crippen molar-refractivity contribution in [3.05, 3.63) is 76.9 Å². The second-order valence-corrected chi connectivity index (χ2v) is 11.4. The van der Waals surface area contributed by atoms with Crippen molar-refractivity contribution in [1.29, 1.82) is 0 Å². The number of hydrogen-bond acceptors (Lipinski definition) is 7. The minimum absolute atomic E-state index is 0.122. The minimum atomic E-state index is -4.97. The maximum Gasteiger partial charge on any atom is 0.418 e. The van der Waals surface area contributed by atoms with E-state index in [0.29, 0.717) is 11.6 Å². The molecule has 2 aromatic carbocycles. The number of rotatable bonds is 9. The normalized spacial score (nSPS) is 12.4. The summed E-state index contributed by atoms with van der Waals surface area (Å²) in [4.78, 5) is 58.7. The number of ketones is 1. The molecular formula is C29H28F3N5O5S. The number of aromatic amines is 1. The molecule has 10 nitrogen and oxygen atoms in total. The summed E-state index contributed by atoms with van der Waals surface area (Å²) >= 11 is 1.10. The van der Waals surface area contributed by atoms with Gasteiger partial charge in [-0.2, -0.15) is 13.2 Å². The smallest absolute Gasteiger partial charge is 0.418 e. The lowest BCUT2D eigenvalue weighted by atomic mass is 9.99. The van der Waals surface area contributed by atoms with Crippen LogP contribution in [0.4, 0.5) is 28.8 Å². The molecule has 14 heteroatoms. The predicted molar refractivity (Wildman–Crippen MR) is 155 cm³/mol. The molecule has 0 saturated heterocycles. The summed E-state index contributed by atoms with van der Waals surface area (Å²) < 4.78 is 47.6. The minimum Gasteiger partial charge on any atom is -0.444 e. The standard InChI is InChI=1S/C29H28F3N5O5S/c1-28(2,3)42-27(41)35-21(13-16-15-34-20-10-5-4-7-17(16)20)25(40)37-24-18(8-6-9-19(24)29(30,31)32)22(38)14-23(39)36-26-33-11-12-43-26/h4-12,15,21,34H,13-14H2,1-3H3,(H,35,41)(H,37,40)(H,33,36,39)/t21-/m0/s1. The van der Waals surface area contributed by atoms with Gasteiger partial charge in [0.15, 0.2) is 10.9 Å². The summed E-state index contributed by atoms with van der Waals surface area (Å²) in [6, 6.07) is 8.55. The topological polar surface area (TPSA) is 142 Å². The van der Waals surface area contributed by atoms with Crippen molar-refractivity contribution >= 4 is 56.7 Å². The van der Waals surface area contributed by atoms with Crippen LogP contribution in [0, 0.1) is 0 Å². The second-order valence-electron chi connectivity index (χ2n) is 10.5. The monoisotopic (exact) mass is 615 g/mol. The molecule has 0 radical (unpaired) electrons. The molecule has 0 fully saturated rings. The quantitative estimate of drug-likeness (QED) is 0.136. The van der Waals surface area contributed by atoms with E-state index in [9.17, 15) is 32.3 Å². The first kappa shape index (κ1) is 31.2. The highest BCUT2D eigenvalue weighted by molar-refractivity contribution is 7.13. The van der Waals surface area contributed by atoms with E-state index >= 15 is 0 Å². The molecule has 2 heterocycles. The molecule has 4 aromatic rings. The number of nitrogens with one attached hydrogen (secondary N) is 4. The summed E-state index contributed by atoms with van der Waals surface area (Å²) in [5.41, 5.74) is -2.22. The molecule has 4 rings (SSSR count). The van der Waals surface area contributed by atoms with E-state index in [1.165, 1.54) is 6.20 Å². The van der Waals surface area contributed by atoms with Gasteiger partial charge in [-0.1, -0.05) is 24.3 Å². The molecule has 2 aromatic heterocycles. The van der Waals surface area contributed by atoms with Crippen molar-refractivity contribution in [1.82, 2.24) is 15.3 Å². The second kappa shape index (κ2) is 12.7. The number of alkyl halides is 3. The Morgan fingerprint density at radius 1 is 1.02 bits per heavy atom. The van der Waals surface area contributed by atoms with Crippen molar-refractivity contribution in [3.8, 4) is 0 Å². The van der Waals surface area contributed by atoms with Crippen molar-refractivity contribution in [3.63, 3.8) is 0 Å². The van der Waals surface area contributed by atoms with Crippen LogP contribution in [0.25, 0.3) is 10.9 Å². The fourth-order valence-corrected chi connectivity index (χ4v) is 4.78. The maximum atomic E-state index is 14.1. The van der Waals surface area contributed by atoms with Crippen LogP contribution in [-0.2, 0) is 26.9 Å². The number of ether oxygens (including phenoxy) is 1. The predicted octanol–water partition coefficient (Wildman–Crippen LogP) is 5.93. The highest BCUT2D eigenvalue weighted by Gasteiger charge is 2.37. The molecule has 3 amide bonds. The zero-order valence-electron chi connectivity index (χ0n) is 23.3. The van der Waals surface area contributed by atoms with E-state index in [-0.39, 0.29) is 11.6 Å².